The quantitative estimate of drug-likeness (QED) is 0.669. The summed E-state index contributed by atoms with van der Waals surface area (Å²) in [4.78, 5) is 27.9. The van der Waals surface area contributed by atoms with E-state index in [4.69, 9.17) is 10.5 Å². The summed E-state index contributed by atoms with van der Waals surface area (Å²) < 4.78 is 20.0. The molecule has 2 aromatic rings. The van der Waals surface area contributed by atoms with Gasteiger partial charge in [-0.25, -0.2) is 9.18 Å². The van der Waals surface area contributed by atoms with E-state index in [0.717, 1.165) is 0 Å². The fourth-order valence-electron chi connectivity index (χ4n) is 3.43. The third-order valence-corrected chi connectivity index (χ3v) is 5.21. The molecule has 1 aliphatic heterocycles. The first-order valence-corrected chi connectivity index (χ1v) is 10.2. The van der Waals surface area contributed by atoms with Gasteiger partial charge in [-0.05, 0) is 44.8 Å². The highest BCUT2D eigenvalue weighted by atomic mass is 19.1. The van der Waals surface area contributed by atoms with Gasteiger partial charge in [-0.3, -0.25) is 9.48 Å². The zero-order chi connectivity index (χ0) is 23.3. The lowest BCUT2D eigenvalue weighted by atomic mass is 9.93. The number of nitriles is 1. The summed E-state index contributed by atoms with van der Waals surface area (Å²) in [6.07, 6.45) is 1.45. The van der Waals surface area contributed by atoms with Crippen LogP contribution in [-0.2, 0) is 4.74 Å². The number of rotatable bonds is 7. The molecule has 170 valence electrons. The number of anilines is 2. The number of nitrogens with zero attached hydrogens (tertiary/aromatic N) is 5. The number of ether oxygens (including phenoxy) is 1. The molecule has 3 rings (SSSR count). The van der Waals surface area contributed by atoms with Crippen molar-refractivity contribution in [3.63, 3.8) is 0 Å². The number of hydrogen-bond donors (Lipinski definition) is 2. The predicted octanol–water partition coefficient (Wildman–Crippen LogP) is 1.95. The molecule has 1 aliphatic rings. The van der Waals surface area contributed by atoms with Gasteiger partial charge in [0.15, 0.2) is 5.82 Å². The second-order valence-corrected chi connectivity index (χ2v) is 7.82. The third kappa shape index (κ3) is 5.53. The molecule has 0 aliphatic carbocycles. The average Bonchev–Trinajstić information content (AvgIpc) is 3.18. The Morgan fingerprint density at radius 3 is 2.72 bits per heavy atom. The lowest BCUT2D eigenvalue weighted by Crippen LogP contribution is -2.45. The number of carbonyl (C=O) groups excluding carboxylic acids is 2. The van der Waals surface area contributed by atoms with Crippen LogP contribution in [0.1, 0.15) is 22.8 Å². The highest BCUT2D eigenvalue weighted by Gasteiger charge is 2.35. The van der Waals surface area contributed by atoms with Crippen LogP contribution in [0.3, 0.4) is 0 Å². The van der Waals surface area contributed by atoms with Gasteiger partial charge < -0.3 is 25.6 Å². The van der Waals surface area contributed by atoms with Gasteiger partial charge >= 0.3 is 6.09 Å². The van der Waals surface area contributed by atoms with Crippen LogP contribution in [0.2, 0.25) is 0 Å². The Labute approximate surface area is 185 Å². The van der Waals surface area contributed by atoms with E-state index in [-0.39, 0.29) is 24.5 Å². The molecular formula is C21H26FN7O3. The van der Waals surface area contributed by atoms with Crippen molar-refractivity contribution in [1.29, 1.82) is 5.26 Å². The number of nitrogens with one attached hydrogen (secondary N) is 1. The molecule has 2 heterocycles. The molecule has 0 unspecified atom stereocenters. The monoisotopic (exact) mass is 443 g/mol. The molecule has 32 heavy (non-hydrogen) atoms. The lowest BCUT2D eigenvalue weighted by Gasteiger charge is -2.35. The van der Waals surface area contributed by atoms with Crippen LogP contribution < -0.4 is 11.1 Å². The predicted molar refractivity (Wildman–Crippen MR) is 115 cm³/mol. The molecular weight excluding hydrogens is 417 g/mol. The number of benzene rings is 1. The van der Waals surface area contributed by atoms with E-state index in [9.17, 15) is 19.2 Å². The summed E-state index contributed by atoms with van der Waals surface area (Å²) in [7, 11) is 3.77. The molecule has 11 heteroatoms. The van der Waals surface area contributed by atoms with Crippen LogP contribution in [0.25, 0.3) is 0 Å². The van der Waals surface area contributed by atoms with E-state index in [1.165, 1.54) is 40.0 Å². The minimum Gasteiger partial charge on any atom is -0.448 e. The number of likely N-dealkylation sites (N-methyl/N-ethyl adjacent to an activating group) is 1. The van der Waals surface area contributed by atoms with Gasteiger partial charge in [-0.15, -0.1) is 0 Å². The maximum atomic E-state index is 13.2. The van der Waals surface area contributed by atoms with E-state index in [1.807, 2.05) is 19.0 Å². The van der Waals surface area contributed by atoms with Crippen molar-refractivity contribution in [3.8, 4) is 6.07 Å². The summed E-state index contributed by atoms with van der Waals surface area (Å²) in [5.41, 5.74) is 6.15. The molecule has 1 aromatic heterocycles. The second-order valence-electron chi connectivity index (χ2n) is 7.82. The molecule has 0 spiro atoms. The minimum atomic E-state index is -0.704. The number of carbonyl (C=O) groups is 2. The summed E-state index contributed by atoms with van der Waals surface area (Å²) in [6.45, 7) is 1.45. The molecule has 2 atom stereocenters. The van der Waals surface area contributed by atoms with Crippen LogP contribution in [0.15, 0.2) is 30.5 Å². The summed E-state index contributed by atoms with van der Waals surface area (Å²) in [6, 6.07) is 7.32. The van der Waals surface area contributed by atoms with Crippen molar-refractivity contribution in [3.05, 3.63) is 41.8 Å². The van der Waals surface area contributed by atoms with Gasteiger partial charge in [0.1, 0.15) is 18.0 Å². The maximum Gasteiger partial charge on any atom is 0.409 e. The highest BCUT2D eigenvalue weighted by Crippen LogP contribution is 2.30. The van der Waals surface area contributed by atoms with E-state index >= 15 is 0 Å². The Morgan fingerprint density at radius 1 is 1.38 bits per heavy atom. The molecule has 2 amide bonds. The number of hydrogen-bond acceptors (Lipinski definition) is 7. The Balaban J connectivity index is 1.80. The average molecular weight is 443 g/mol. The first kappa shape index (κ1) is 23.0. The first-order valence-electron chi connectivity index (χ1n) is 10.2. The molecule has 1 aromatic carbocycles. The largest absolute Gasteiger partial charge is 0.448 e. The van der Waals surface area contributed by atoms with E-state index in [2.05, 4.69) is 16.5 Å². The van der Waals surface area contributed by atoms with Crippen molar-refractivity contribution >= 4 is 23.5 Å². The van der Waals surface area contributed by atoms with Crippen LogP contribution in [0, 0.1) is 23.1 Å². The molecule has 10 nitrogen and oxygen atoms in total. The molecule has 3 N–H and O–H groups in total. The van der Waals surface area contributed by atoms with Crippen molar-refractivity contribution < 1.29 is 18.7 Å². The van der Waals surface area contributed by atoms with Gasteiger partial charge in [0, 0.05) is 31.5 Å². The Bertz CT molecular complexity index is 1000. The van der Waals surface area contributed by atoms with E-state index < -0.39 is 29.8 Å². The normalized spacial score (nSPS) is 18.3. The number of likely N-dealkylation sites (tertiary alicyclic amines) is 1. The Hall–Kier alpha value is -3.65. The van der Waals surface area contributed by atoms with E-state index in [0.29, 0.717) is 25.2 Å². The van der Waals surface area contributed by atoms with Crippen molar-refractivity contribution in [2.45, 2.75) is 12.5 Å². The van der Waals surface area contributed by atoms with Crippen LogP contribution in [0.4, 0.5) is 20.7 Å². The highest BCUT2D eigenvalue weighted by molar-refractivity contribution is 5.98. The number of nitrogens with two attached hydrogens (primary N) is 1. The van der Waals surface area contributed by atoms with Crippen molar-refractivity contribution in [2.75, 3.05) is 45.7 Å². The molecule has 0 bridgehead atoms. The van der Waals surface area contributed by atoms with Crippen LogP contribution in [0.5, 0.6) is 0 Å². The van der Waals surface area contributed by atoms with Gasteiger partial charge in [0.2, 0.25) is 0 Å². The number of primary amides is 1. The number of halogens is 1. The summed E-state index contributed by atoms with van der Waals surface area (Å²) in [5, 5.41) is 17.0. The fourth-order valence-corrected chi connectivity index (χ4v) is 3.43. The third-order valence-electron chi connectivity index (χ3n) is 5.21. The Kier molecular flexibility index (Phi) is 7.27. The zero-order valence-corrected chi connectivity index (χ0v) is 18.0. The maximum absolute atomic E-state index is 13.2. The van der Waals surface area contributed by atoms with Gasteiger partial charge in [-0.2, -0.15) is 10.4 Å². The van der Waals surface area contributed by atoms with E-state index in [1.54, 1.807) is 0 Å². The van der Waals surface area contributed by atoms with Gasteiger partial charge in [0.05, 0.1) is 18.0 Å². The second kappa shape index (κ2) is 10.1. The smallest absolute Gasteiger partial charge is 0.409 e. The molecule has 1 fully saturated rings. The standard InChI is InChI=1S/C21H26FN7O3/c1-27(2)9-10-32-21(31)28-8-7-14(11-23)18(13-28)29-12-17(19(24)30)20(26-29)25-16-5-3-15(22)4-6-16/h3-6,12,14,18H,7-10,13H2,1-2H3,(H2,24,30)(H,25,26)/t14-,18+/m0/s1. The lowest BCUT2D eigenvalue weighted by molar-refractivity contribution is 0.0721. The number of piperidine rings is 1. The number of amides is 2. The minimum absolute atomic E-state index is 0.122. The fraction of sp³-hybridized carbons (Fsp3) is 0.429. The van der Waals surface area contributed by atoms with Crippen LogP contribution >= 0.6 is 0 Å². The summed E-state index contributed by atoms with van der Waals surface area (Å²) >= 11 is 0. The number of aromatic nitrogens is 2. The van der Waals surface area contributed by atoms with Crippen LogP contribution in [-0.4, -0.2) is 71.9 Å². The first-order chi connectivity index (χ1) is 15.3. The van der Waals surface area contributed by atoms with Crippen molar-refractivity contribution in [1.82, 2.24) is 19.6 Å². The molecule has 0 radical (unpaired) electrons. The SMILES string of the molecule is CN(C)CCOC(=O)N1CC[C@@H](C#N)[C@H](n2cc(C(N)=O)c(Nc3ccc(F)cc3)n2)C1. The molecule has 1 saturated heterocycles. The molecule has 0 saturated carbocycles. The van der Waals surface area contributed by atoms with Gasteiger partial charge in [-0.1, -0.05) is 0 Å². The van der Waals surface area contributed by atoms with Gasteiger partial charge in [0.25, 0.3) is 5.91 Å². The topological polar surface area (TPSA) is 130 Å². The Morgan fingerprint density at radius 2 is 2.09 bits per heavy atom. The summed E-state index contributed by atoms with van der Waals surface area (Å²) in [5.74, 6) is -1.33. The van der Waals surface area contributed by atoms with Crippen molar-refractivity contribution in [2.24, 2.45) is 11.7 Å². The zero-order valence-electron chi connectivity index (χ0n) is 18.0.